The third-order valence-electron chi connectivity index (χ3n) is 3.15. The normalized spacial score (nSPS) is 14.2. The van der Waals surface area contributed by atoms with Crippen LogP contribution in [-0.2, 0) is 4.74 Å². The Labute approximate surface area is 114 Å². The molecule has 1 heterocycles. The summed E-state index contributed by atoms with van der Waals surface area (Å²) < 4.78 is 5.06. The Bertz CT molecular complexity index is 415. The van der Waals surface area contributed by atoms with Gasteiger partial charge in [0.25, 0.3) is 5.91 Å². The molecule has 1 aliphatic rings. The van der Waals surface area contributed by atoms with Gasteiger partial charge in [-0.25, -0.2) is 4.98 Å². The molecule has 1 saturated carbocycles. The maximum Gasteiger partial charge on any atom is 0.272 e. The summed E-state index contributed by atoms with van der Waals surface area (Å²) in [5.41, 5.74) is 1.44. The SMILES string of the molecule is CCNc1ccc(C(=O)N(CCOC)C2CC2)nc1. The summed E-state index contributed by atoms with van der Waals surface area (Å²) in [5, 5.41) is 3.16. The van der Waals surface area contributed by atoms with Crippen LogP contribution < -0.4 is 5.32 Å². The van der Waals surface area contributed by atoms with E-state index in [1.807, 2.05) is 17.9 Å². The average Bonchev–Trinajstić information content (AvgIpc) is 3.25. The zero-order valence-corrected chi connectivity index (χ0v) is 11.6. The molecule has 1 aliphatic carbocycles. The summed E-state index contributed by atoms with van der Waals surface area (Å²) in [6, 6.07) is 4.05. The molecule has 0 saturated heterocycles. The predicted molar refractivity (Wildman–Crippen MR) is 74.3 cm³/mol. The molecule has 5 nitrogen and oxygen atoms in total. The Balaban J connectivity index is 2.03. The molecule has 0 unspecified atom stereocenters. The molecule has 5 heteroatoms. The van der Waals surface area contributed by atoms with Gasteiger partial charge in [0.05, 0.1) is 18.5 Å². The minimum absolute atomic E-state index is 0.00241. The average molecular weight is 263 g/mol. The lowest BCUT2D eigenvalue weighted by Crippen LogP contribution is -2.36. The van der Waals surface area contributed by atoms with Gasteiger partial charge in [0.15, 0.2) is 0 Å². The number of hydrogen-bond acceptors (Lipinski definition) is 4. The van der Waals surface area contributed by atoms with E-state index < -0.39 is 0 Å². The van der Waals surface area contributed by atoms with Crippen molar-refractivity contribution in [1.29, 1.82) is 0 Å². The van der Waals surface area contributed by atoms with E-state index in [-0.39, 0.29) is 5.91 Å². The van der Waals surface area contributed by atoms with E-state index in [0.717, 1.165) is 25.1 Å². The number of rotatable bonds is 7. The molecule has 0 radical (unpaired) electrons. The predicted octanol–water partition coefficient (Wildman–Crippen LogP) is 1.76. The van der Waals surface area contributed by atoms with Gasteiger partial charge in [0.1, 0.15) is 5.69 Å². The number of methoxy groups -OCH3 is 1. The maximum atomic E-state index is 12.4. The molecular weight excluding hydrogens is 242 g/mol. The maximum absolute atomic E-state index is 12.4. The molecule has 104 valence electrons. The summed E-state index contributed by atoms with van der Waals surface area (Å²) in [5.74, 6) is 0.00241. The van der Waals surface area contributed by atoms with Gasteiger partial charge in [-0.15, -0.1) is 0 Å². The fraction of sp³-hybridized carbons (Fsp3) is 0.571. The highest BCUT2D eigenvalue weighted by atomic mass is 16.5. The largest absolute Gasteiger partial charge is 0.384 e. The van der Waals surface area contributed by atoms with Crippen molar-refractivity contribution in [3.05, 3.63) is 24.0 Å². The lowest BCUT2D eigenvalue weighted by atomic mass is 10.3. The van der Waals surface area contributed by atoms with E-state index in [1.54, 1.807) is 19.4 Å². The molecule has 1 aromatic heterocycles. The fourth-order valence-electron chi connectivity index (χ4n) is 2.00. The quantitative estimate of drug-likeness (QED) is 0.814. The second kappa shape index (κ2) is 6.52. The van der Waals surface area contributed by atoms with E-state index in [9.17, 15) is 4.79 Å². The number of anilines is 1. The Morgan fingerprint density at radius 2 is 2.32 bits per heavy atom. The molecule has 0 aromatic carbocycles. The third kappa shape index (κ3) is 3.67. The Morgan fingerprint density at radius 1 is 1.53 bits per heavy atom. The van der Waals surface area contributed by atoms with Crippen molar-refractivity contribution < 1.29 is 9.53 Å². The number of carbonyl (C=O) groups excluding carboxylic acids is 1. The Morgan fingerprint density at radius 3 is 2.84 bits per heavy atom. The highest BCUT2D eigenvalue weighted by molar-refractivity contribution is 5.93. The number of carbonyl (C=O) groups is 1. The van der Waals surface area contributed by atoms with Crippen LogP contribution in [-0.4, -0.2) is 48.6 Å². The van der Waals surface area contributed by atoms with E-state index in [0.29, 0.717) is 24.9 Å². The van der Waals surface area contributed by atoms with E-state index in [2.05, 4.69) is 10.3 Å². The molecule has 0 atom stereocenters. The summed E-state index contributed by atoms with van der Waals surface area (Å²) >= 11 is 0. The van der Waals surface area contributed by atoms with Crippen LogP contribution >= 0.6 is 0 Å². The standard InChI is InChI=1S/C14H21N3O2/c1-3-15-11-4-7-13(16-10-11)14(18)17(8-9-19-2)12-5-6-12/h4,7,10,12,15H,3,5-6,8-9H2,1-2H3. The van der Waals surface area contributed by atoms with Crippen LogP contribution in [0.1, 0.15) is 30.3 Å². The zero-order valence-electron chi connectivity index (χ0n) is 11.6. The minimum atomic E-state index is 0.00241. The Kier molecular flexibility index (Phi) is 4.74. The number of pyridine rings is 1. The Hall–Kier alpha value is -1.62. The van der Waals surface area contributed by atoms with Crippen LogP contribution in [0.4, 0.5) is 5.69 Å². The van der Waals surface area contributed by atoms with E-state index in [1.165, 1.54) is 0 Å². The molecule has 0 aliphatic heterocycles. The second-order valence-corrected chi connectivity index (χ2v) is 4.68. The van der Waals surface area contributed by atoms with Gasteiger partial charge < -0.3 is 15.0 Å². The fourth-order valence-corrected chi connectivity index (χ4v) is 2.00. The number of nitrogens with one attached hydrogen (secondary N) is 1. The minimum Gasteiger partial charge on any atom is -0.384 e. The first kappa shape index (κ1) is 13.8. The van der Waals surface area contributed by atoms with Crippen molar-refractivity contribution in [3.63, 3.8) is 0 Å². The van der Waals surface area contributed by atoms with Gasteiger partial charge in [-0.2, -0.15) is 0 Å². The van der Waals surface area contributed by atoms with Crippen LogP contribution in [0.5, 0.6) is 0 Å². The van der Waals surface area contributed by atoms with Gasteiger partial charge in [-0.05, 0) is 31.9 Å². The number of ether oxygens (including phenoxy) is 1. The molecule has 1 amide bonds. The number of hydrogen-bond donors (Lipinski definition) is 1. The van der Waals surface area contributed by atoms with Gasteiger partial charge in [0.2, 0.25) is 0 Å². The van der Waals surface area contributed by atoms with Crippen molar-refractivity contribution in [2.24, 2.45) is 0 Å². The topological polar surface area (TPSA) is 54.5 Å². The summed E-state index contributed by atoms with van der Waals surface area (Å²) in [6.07, 6.45) is 3.88. The van der Waals surface area contributed by atoms with Gasteiger partial charge >= 0.3 is 0 Å². The summed E-state index contributed by atoms with van der Waals surface area (Å²) in [6.45, 7) is 4.07. The summed E-state index contributed by atoms with van der Waals surface area (Å²) in [7, 11) is 1.65. The first-order valence-electron chi connectivity index (χ1n) is 6.76. The molecule has 1 N–H and O–H groups in total. The lowest BCUT2D eigenvalue weighted by molar-refractivity contribution is 0.0674. The van der Waals surface area contributed by atoms with Crippen molar-refractivity contribution in [3.8, 4) is 0 Å². The number of nitrogens with zero attached hydrogens (tertiary/aromatic N) is 2. The smallest absolute Gasteiger partial charge is 0.272 e. The first-order chi connectivity index (χ1) is 9.26. The van der Waals surface area contributed by atoms with Crippen molar-refractivity contribution in [1.82, 2.24) is 9.88 Å². The number of aromatic nitrogens is 1. The van der Waals surface area contributed by atoms with E-state index in [4.69, 9.17) is 4.74 Å². The molecule has 0 spiro atoms. The molecule has 0 bridgehead atoms. The van der Waals surface area contributed by atoms with Crippen LogP contribution in [0, 0.1) is 0 Å². The molecule has 19 heavy (non-hydrogen) atoms. The monoisotopic (exact) mass is 263 g/mol. The van der Waals surface area contributed by atoms with Gasteiger partial charge in [-0.3, -0.25) is 4.79 Å². The van der Waals surface area contributed by atoms with Crippen LogP contribution in [0.3, 0.4) is 0 Å². The second-order valence-electron chi connectivity index (χ2n) is 4.68. The molecular formula is C14H21N3O2. The summed E-state index contributed by atoms with van der Waals surface area (Å²) in [4.78, 5) is 18.5. The van der Waals surface area contributed by atoms with Crippen molar-refractivity contribution in [2.75, 3.05) is 32.1 Å². The number of amides is 1. The van der Waals surface area contributed by atoms with Gasteiger partial charge in [0, 0.05) is 26.2 Å². The van der Waals surface area contributed by atoms with Gasteiger partial charge in [-0.1, -0.05) is 0 Å². The highest BCUT2D eigenvalue weighted by Crippen LogP contribution is 2.27. The van der Waals surface area contributed by atoms with Crippen molar-refractivity contribution >= 4 is 11.6 Å². The highest BCUT2D eigenvalue weighted by Gasteiger charge is 2.33. The lowest BCUT2D eigenvalue weighted by Gasteiger charge is -2.21. The molecule has 2 rings (SSSR count). The molecule has 1 aromatic rings. The third-order valence-corrected chi connectivity index (χ3v) is 3.15. The molecule has 1 fully saturated rings. The van der Waals surface area contributed by atoms with Crippen LogP contribution in [0.25, 0.3) is 0 Å². The van der Waals surface area contributed by atoms with Crippen LogP contribution in [0.15, 0.2) is 18.3 Å². The zero-order chi connectivity index (χ0) is 13.7. The van der Waals surface area contributed by atoms with Crippen molar-refractivity contribution in [2.45, 2.75) is 25.8 Å². The van der Waals surface area contributed by atoms with E-state index >= 15 is 0 Å². The first-order valence-corrected chi connectivity index (χ1v) is 6.76. The van der Waals surface area contributed by atoms with Crippen LogP contribution in [0.2, 0.25) is 0 Å².